The Morgan fingerprint density at radius 2 is 1.76 bits per heavy atom. The molecule has 0 spiro atoms. The van der Waals surface area contributed by atoms with E-state index in [1.54, 1.807) is 53.2 Å². The number of carbonyl (C=O) groups excluding carboxylic acids is 2. The van der Waals surface area contributed by atoms with Crippen LogP contribution in [0.5, 0.6) is 0 Å². The Morgan fingerprint density at radius 3 is 2.38 bits per heavy atom. The van der Waals surface area contributed by atoms with E-state index in [0.717, 1.165) is 12.1 Å². The maximum atomic E-state index is 13.2. The third-order valence-corrected chi connectivity index (χ3v) is 5.44. The highest BCUT2D eigenvalue weighted by molar-refractivity contribution is 5.95. The number of likely N-dealkylation sites (tertiary alicyclic amines) is 1. The smallest absolute Gasteiger partial charge is 0.346 e. The summed E-state index contributed by atoms with van der Waals surface area (Å²) in [4.78, 5) is 28.9. The van der Waals surface area contributed by atoms with Gasteiger partial charge in [0.15, 0.2) is 0 Å². The third kappa shape index (κ3) is 4.44. The van der Waals surface area contributed by atoms with E-state index in [1.165, 1.54) is 6.07 Å². The molecule has 0 aromatic heterocycles. The van der Waals surface area contributed by atoms with Crippen LogP contribution in [0.15, 0.2) is 54.6 Å². The molecule has 0 radical (unpaired) electrons. The molecule has 0 N–H and O–H groups in total. The van der Waals surface area contributed by atoms with Gasteiger partial charge in [0.25, 0.3) is 5.91 Å². The van der Waals surface area contributed by atoms with Gasteiger partial charge in [-0.1, -0.05) is 36.4 Å². The normalized spacial score (nSPS) is 19.3. The van der Waals surface area contributed by atoms with E-state index in [4.69, 9.17) is 0 Å². The van der Waals surface area contributed by atoms with E-state index < -0.39 is 23.6 Å². The SMILES string of the molecule is CCN(C)C(=O)[C@@H]1CN(C(=O)c2ccccc2)C[C@H]1c1cccc(C(F)(F)F)c1. The van der Waals surface area contributed by atoms with Gasteiger partial charge in [0.2, 0.25) is 5.91 Å². The number of rotatable bonds is 4. The number of nitrogens with zero attached hydrogens (tertiary/aromatic N) is 2. The van der Waals surface area contributed by atoms with Crippen LogP contribution < -0.4 is 0 Å². The zero-order valence-corrected chi connectivity index (χ0v) is 16.3. The van der Waals surface area contributed by atoms with Gasteiger partial charge in [0.05, 0.1) is 11.5 Å². The first-order valence-corrected chi connectivity index (χ1v) is 9.48. The second-order valence-corrected chi connectivity index (χ2v) is 7.26. The second-order valence-electron chi connectivity index (χ2n) is 7.26. The van der Waals surface area contributed by atoms with E-state index in [0.29, 0.717) is 17.7 Å². The van der Waals surface area contributed by atoms with E-state index in [-0.39, 0.29) is 24.9 Å². The molecule has 2 aromatic carbocycles. The van der Waals surface area contributed by atoms with Crippen LogP contribution in [0.4, 0.5) is 13.2 Å². The Balaban J connectivity index is 1.94. The maximum absolute atomic E-state index is 13.2. The molecule has 1 saturated heterocycles. The average molecular weight is 404 g/mol. The van der Waals surface area contributed by atoms with Crippen molar-refractivity contribution in [1.82, 2.24) is 9.80 Å². The first kappa shape index (κ1) is 20.9. The number of hydrogen-bond acceptors (Lipinski definition) is 2. The molecule has 1 aliphatic rings. The van der Waals surface area contributed by atoms with Crippen molar-refractivity contribution in [3.63, 3.8) is 0 Å². The predicted molar refractivity (Wildman–Crippen MR) is 103 cm³/mol. The molecule has 154 valence electrons. The van der Waals surface area contributed by atoms with Crippen LogP contribution in [0.3, 0.4) is 0 Å². The highest BCUT2D eigenvalue weighted by Crippen LogP contribution is 2.37. The molecule has 0 saturated carbocycles. The molecular weight excluding hydrogens is 381 g/mol. The number of hydrogen-bond donors (Lipinski definition) is 0. The highest BCUT2D eigenvalue weighted by Gasteiger charge is 2.42. The van der Waals surface area contributed by atoms with Gasteiger partial charge in [0, 0.05) is 38.2 Å². The van der Waals surface area contributed by atoms with Crippen molar-refractivity contribution in [2.45, 2.75) is 19.0 Å². The molecule has 2 amide bonds. The van der Waals surface area contributed by atoms with Gasteiger partial charge in [-0.25, -0.2) is 0 Å². The number of benzene rings is 2. The first-order valence-electron chi connectivity index (χ1n) is 9.48. The van der Waals surface area contributed by atoms with Crippen LogP contribution in [0.1, 0.15) is 34.3 Å². The van der Waals surface area contributed by atoms with Gasteiger partial charge in [-0.15, -0.1) is 0 Å². The molecule has 4 nitrogen and oxygen atoms in total. The zero-order chi connectivity index (χ0) is 21.2. The summed E-state index contributed by atoms with van der Waals surface area (Å²) in [5.74, 6) is -1.47. The zero-order valence-electron chi connectivity index (χ0n) is 16.3. The van der Waals surface area contributed by atoms with Crippen molar-refractivity contribution in [2.24, 2.45) is 5.92 Å². The first-order chi connectivity index (χ1) is 13.7. The van der Waals surface area contributed by atoms with E-state index in [2.05, 4.69) is 0 Å². The largest absolute Gasteiger partial charge is 0.416 e. The fourth-order valence-corrected chi connectivity index (χ4v) is 3.71. The fourth-order valence-electron chi connectivity index (χ4n) is 3.71. The van der Waals surface area contributed by atoms with Crippen LogP contribution >= 0.6 is 0 Å². The lowest BCUT2D eigenvalue weighted by atomic mass is 9.87. The minimum Gasteiger partial charge on any atom is -0.346 e. The summed E-state index contributed by atoms with van der Waals surface area (Å²) >= 11 is 0. The molecule has 0 bridgehead atoms. The van der Waals surface area contributed by atoms with Gasteiger partial charge >= 0.3 is 6.18 Å². The Bertz CT molecular complexity index is 883. The Labute approximate surface area is 167 Å². The predicted octanol–water partition coefficient (Wildman–Crippen LogP) is 4.04. The summed E-state index contributed by atoms with van der Waals surface area (Å²) in [6.07, 6.45) is -4.46. The molecule has 29 heavy (non-hydrogen) atoms. The number of alkyl halides is 3. The average Bonchev–Trinajstić information content (AvgIpc) is 3.17. The van der Waals surface area contributed by atoms with Crippen LogP contribution in [-0.2, 0) is 11.0 Å². The van der Waals surface area contributed by atoms with Crippen molar-refractivity contribution in [2.75, 3.05) is 26.7 Å². The maximum Gasteiger partial charge on any atom is 0.416 e. The lowest BCUT2D eigenvalue weighted by Gasteiger charge is -2.23. The monoisotopic (exact) mass is 404 g/mol. The fraction of sp³-hybridized carbons (Fsp3) is 0.364. The second kappa shape index (κ2) is 8.27. The molecule has 2 atom stereocenters. The van der Waals surface area contributed by atoms with Crippen molar-refractivity contribution in [3.8, 4) is 0 Å². The summed E-state index contributed by atoms with van der Waals surface area (Å²) in [5, 5.41) is 0. The molecule has 0 unspecified atom stereocenters. The van der Waals surface area contributed by atoms with E-state index in [9.17, 15) is 22.8 Å². The third-order valence-electron chi connectivity index (χ3n) is 5.44. The summed E-state index contributed by atoms with van der Waals surface area (Å²) < 4.78 is 39.5. The van der Waals surface area contributed by atoms with E-state index >= 15 is 0 Å². The molecule has 1 fully saturated rings. The Hall–Kier alpha value is -2.83. The Morgan fingerprint density at radius 1 is 1.07 bits per heavy atom. The lowest BCUT2D eigenvalue weighted by molar-refractivity contribution is -0.137. The van der Waals surface area contributed by atoms with Gasteiger partial charge in [-0.05, 0) is 30.7 Å². The van der Waals surface area contributed by atoms with Crippen LogP contribution in [-0.4, -0.2) is 48.3 Å². The molecule has 0 aliphatic carbocycles. The number of amides is 2. The number of halogens is 3. The van der Waals surface area contributed by atoms with Crippen LogP contribution in [0.25, 0.3) is 0 Å². The molecule has 2 aromatic rings. The standard InChI is InChI=1S/C22H23F3N2O2/c1-3-26(2)21(29)19-14-27(20(28)15-8-5-4-6-9-15)13-18(19)16-10-7-11-17(12-16)22(23,24)25/h4-12,18-19H,3,13-14H2,1-2H3/t18-,19+/m0/s1. The highest BCUT2D eigenvalue weighted by atomic mass is 19.4. The van der Waals surface area contributed by atoms with Crippen LogP contribution in [0, 0.1) is 5.92 Å². The minimum absolute atomic E-state index is 0.168. The van der Waals surface area contributed by atoms with Crippen molar-refractivity contribution < 1.29 is 22.8 Å². The summed E-state index contributed by atoms with van der Waals surface area (Å²) in [6, 6.07) is 13.7. The Kier molecular flexibility index (Phi) is 5.96. The molecular formula is C22H23F3N2O2. The summed E-state index contributed by atoms with van der Waals surface area (Å²) in [7, 11) is 1.66. The lowest BCUT2D eigenvalue weighted by Crippen LogP contribution is -2.36. The molecule has 1 aliphatic heterocycles. The minimum atomic E-state index is -4.46. The van der Waals surface area contributed by atoms with Crippen molar-refractivity contribution in [3.05, 3.63) is 71.3 Å². The van der Waals surface area contributed by atoms with Crippen molar-refractivity contribution in [1.29, 1.82) is 0 Å². The molecule has 3 rings (SSSR count). The number of carbonyl (C=O) groups is 2. The van der Waals surface area contributed by atoms with Gasteiger partial charge in [-0.2, -0.15) is 13.2 Å². The van der Waals surface area contributed by atoms with Crippen molar-refractivity contribution >= 4 is 11.8 Å². The summed E-state index contributed by atoms with van der Waals surface area (Å²) in [5.41, 5.74) is 0.163. The van der Waals surface area contributed by atoms with Gasteiger partial charge in [0.1, 0.15) is 0 Å². The molecule has 7 heteroatoms. The van der Waals surface area contributed by atoms with Gasteiger partial charge in [-0.3, -0.25) is 9.59 Å². The summed E-state index contributed by atoms with van der Waals surface area (Å²) in [6.45, 7) is 2.69. The van der Waals surface area contributed by atoms with Gasteiger partial charge < -0.3 is 9.80 Å². The van der Waals surface area contributed by atoms with Crippen LogP contribution in [0.2, 0.25) is 0 Å². The topological polar surface area (TPSA) is 40.6 Å². The molecule has 1 heterocycles. The quantitative estimate of drug-likeness (QED) is 0.772. The van der Waals surface area contributed by atoms with E-state index in [1.807, 2.05) is 6.92 Å².